The van der Waals surface area contributed by atoms with Crippen LogP contribution in [0.2, 0.25) is 0 Å². The van der Waals surface area contributed by atoms with Crippen LogP contribution in [0.15, 0.2) is 42.6 Å². The van der Waals surface area contributed by atoms with Crippen LogP contribution in [-0.4, -0.2) is 9.78 Å². The minimum atomic E-state index is 0.164. The first-order chi connectivity index (χ1) is 10.0. The van der Waals surface area contributed by atoms with E-state index in [0.29, 0.717) is 6.04 Å². The molecule has 2 rings (SSSR count). The van der Waals surface area contributed by atoms with E-state index < -0.39 is 0 Å². The molecule has 1 heterocycles. The van der Waals surface area contributed by atoms with Gasteiger partial charge in [-0.15, -0.1) is 0 Å². The molecule has 0 aliphatic carbocycles. The molecule has 0 bridgehead atoms. The standard InChI is InChI=1S/C18H27N3/c1-5-13-21-16(11-12-20-21)14-19-17(18(2,3)4)15-9-7-6-8-10-15/h6-12,17,19H,5,13-14H2,1-4H3. The fourth-order valence-electron chi connectivity index (χ4n) is 2.70. The van der Waals surface area contributed by atoms with Crippen molar-refractivity contribution in [1.82, 2.24) is 15.1 Å². The number of hydrogen-bond acceptors (Lipinski definition) is 2. The SMILES string of the molecule is CCCn1nccc1CNC(c1ccccc1)C(C)(C)C. The quantitative estimate of drug-likeness (QED) is 0.863. The highest BCUT2D eigenvalue weighted by Crippen LogP contribution is 2.32. The highest BCUT2D eigenvalue weighted by molar-refractivity contribution is 5.21. The number of nitrogens with zero attached hydrogens (tertiary/aromatic N) is 2. The fraction of sp³-hybridized carbons (Fsp3) is 0.500. The third kappa shape index (κ3) is 4.18. The van der Waals surface area contributed by atoms with Crippen LogP contribution in [0.5, 0.6) is 0 Å². The summed E-state index contributed by atoms with van der Waals surface area (Å²) in [6.07, 6.45) is 3.00. The lowest BCUT2D eigenvalue weighted by molar-refractivity contribution is 0.268. The van der Waals surface area contributed by atoms with Crippen molar-refractivity contribution < 1.29 is 0 Å². The molecular weight excluding hydrogens is 258 g/mol. The van der Waals surface area contributed by atoms with Gasteiger partial charge in [0, 0.05) is 25.3 Å². The Kier molecular flexibility index (Phi) is 5.18. The summed E-state index contributed by atoms with van der Waals surface area (Å²) in [5.74, 6) is 0. The maximum Gasteiger partial charge on any atom is 0.0522 e. The lowest BCUT2D eigenvalue weighted by Gasteiger charge is -2.32. The minimum absolute atomic E-state index is 0.164. The molecule has 0 amide bonds. The summed E-state index contributed by atoms with van der Waals surface area (Å²) in [6.45, 7) is 10.8. The first-order valence-corrected chi connectivity index (χ1v) is 7.81. The number of hydrogen-bond donors (Lipinski definition) is 1. The van der Waals surface area contributed by atoms with Crippen LogP contribution in [-0.2, 0) is 13.1 Å². The molecule has 3 heteroatoms. The van der Waals surface area contributed by atoms with Gasteiger partial charge < -0.3 is 5.32 Å². The number of aryl methyl sites for hydroxylation is 1. The third-order valence-corrected chi connectivity index (χ3v) is 3.73. The second-order valence-corrected chi connectivity index (χ2v) is 6.64. The Morgan fingerprint density at radius 3 is 2.48 bits per heavy atom. The van der Waals surface area contributed by atoms with Gasteiger partial charge in [-0.3, -0.25) is 4.68 Å². The van der Waals surface area contributed by atoms with E-state index in [0.717, 1.165) is 19.5 Å². The van der Waals surface area contributed by atoms with Gasteiger partial charge >= 0.3 is 0 Å². The topological polar surface area (TPSA) is 29.9 Å². The zero-order valence-electron chi connectivity index (χ0n) is 13.6. The predicted molar refractivity (Wildman–Crippen MR) is 88.0 cm³/mol. The number of rotatable bonds is 6. The van der Waals surface area contributed by atoms with Gasteiger partial charge in [0.2, 0.25) is 0 Å². The lowest BCUT2D eigenvalue weighted by atomic mass is 9.82. The van der Waals surface area contributed by atoms with Gasteiger partial charge in [-0.25, -0.2) is 0 Å². The van der Waals surface area contributed by atoms with Crippen molar-refractivity contribution in [2.75, 3.05) is 0 Å². The van der Waals surface area contributed by atoms with Gasteiger partial charge in [-0.1, -0.05) is 58.0 Å². The van der Waals surface area contributed by atoms with Crippen LogP contribution in [0.4, 0.5) is 0 Å². The van der Waals surface area contributed by atoms with Gasteiger partial charge in [0.05, 0.1) is 5.69 Å². The maximum atomic E-state index is 4.40. The number of benzene rings is 1. The van der Waals surface area contributed by atoms with Crippen molar-refractivity contribution in [3.05, 3.63) is 53.9 Å². The fourth-order valence-corrected chi connectivity index (χ4v) is 2.70. The number of nitrogens with one attached hydrogen (secondary N) is 1. The molecule has 0 fully saturated rings. The van der Waals surface area contributed by atoms with Crippen molar-refractivity contribution in [3.63, 3.8) is 0 Å². The molecule has 0 saturated carbocycles. The first kappa shape index (κ1) is 15.8. The van der Waals surface area contributed by atoms with Crippen LogP contribution in [0, 0.1) is 5.41 Å². The second kappa shape index (κ2) is 6.90. The van der Waals surface area contributed by atoms with Gasteiger partial charge in [0.25, 0.3) is 0 Å². The van der Waals surface area contributed by atoms with Gasteiger partial charge in [-0.05, 0) is 23.5 Å². The van der Waals surface area contributed by atoms with Gasteiger partial charge in [0.1, 0.15) is 0 Å². The Morgan fingerprint density at radius 2 is 1.86 bits per heavy atom. The summed E-state index contributed by atoms with van der Waals surface area (Å²) < 4.78 is 2.09. The molecule has 1 aromatic carbocycles. The van der Waals surface area contributed by atoms with Crippen LogP contribution in [0.3, 0.4) is 0 Å². The number of aromatic nitrogens is 2. The smallest absolute Gasteiger partial charge is 0.0522 e. The maximum absolute atomic E-state index is 4.40. The van der Waals surface area contributed by atoms with Crippen molar-refractivity contribution in [2.45, 2.75) is 53.2 Å². The molecule has 0 aliphatic heterocycles. The van der Waals surface area contributed by atoms with E-state index in [2.05, 4.69) is 79.2 Å². The molecule has 0 saturated heterocycles. The summed E-state index contributed by atoms with van der Waals surface area (Å²) in [5.41, 5.74) is 2.75. The van der Waals surface area contributed by atoms with E-state index in [1.165, 1.54) is 11.3 Å². The molecule has 0 radical (unpaired) electrons. The van der Waals surface area contributed by atoms with Crippen molar-refractivity contribution in [1.29, 1.82) is 0 Å². The first-order valence-electron chi connectivity index (χ1n) is 7.81. The Hall–Kier alpha value is -1.61. The molecule has 1 N–H and O–H groups in total. The zero-order chi connectivity index (χ0) is 15.3. The Labute approximate surface area is 128 Å². The van der Waals surface area contributed by atoms with Crippen LogP contribution in [0.25, 0.3) is 0 Å². The van der Waals surface area contributed by atoms with E-state index in [1.807, 2.05) is 6.20 Å². The summed E-state index contributed by atoms with van der Waals surface area (Å²) >= 11 is 0. The van der Waals surface area contributed by atoms with Crippen molar-refractivity contribution in [3.8, 4) is 0 Å². The summed E-state index contributed by atoms with van der Waals surface area (Å²) in [4.78, 5) is 0. The molecular formula is C18H27N3. The van der Waals surface area contributed by atoms with E-state index in [4.69, 9.17) is 0 Å². The summed E-state index contributed by atoms with van der Waals surface area (Å²) in [7, 11) is 0. The molecule has 21 heavy (non-hydrogen) atoms. The van der Waals surface area contributed by atoms with E-state index in [9.17, 15) is 0 Å². The summed E-state index contributed by atoms with van der Waals surface area (Å²) in [6, 6.07) is 13.1. The molecule has 1 unspecified atom stereocenters. The highest BCUT2D eigenvalue weighted by Gasteiger charge is 2.25. The average Bonchev–Trinajstić information content (AvgIpc) is 2.87. The van der Waals surface area contributed by atoms with Crippen LogP contribution >= 0.6 is 0 Å². The lowest BCUT2D eigenvalue weighted by Crippen LogP contribution is -2.32. The predicted octanol–water partition coefficient (Wildman–Crippen LogP) is 4.17. The van der Waals surface area contributed by atoms with E-state index in [1.54, 1.807) is 0 Å². The Balaban J connectivity index is 2.12. The van der Waals surface area contributed by atoms with Crippen molar-refractivity contribution in [2.24, 2.45) is 5.41 Å². The third-order valence-electron chi connectivity index (χ3n) is 3.73. The molecule has 114 valence electrons. The minimum Gasteiger partial charge on any atom is -0.304 e. The molecule has 0 aliphatic rings. The van der Waals surface area contributed by atoms with E-state index in [-0.39, 0.29) is 5.41 Å². The summed E-state index contributed by atoms with van der Waals surface area (Å²) in [5, 5.41) is 8.11. The Bertz CT molecular complexity index is 537. The molecule has 3 nitrogen and oxygen atoms in total. The van der Waals surface area contributed by atoms with Gasteiger partial charge in [-0.2, -0.15) is 5.10 Å². The van der Waals surface area contributed by atoms with E-state index >= 15 is 0 Å². The Morgan fingerprint density at radius 1 is 1.14 bits per heavy atom. The molecule has 1 aromatic heterocycles. The molecule has 0 spiro atoms. The van der Waals surface area contributed by atoms with Gasteiger partial charge in [0.15, 0.2) is 0 Å². The average molecular weight is 285 g/mol. The highest BCUT2D eigenvalue weighted by atomic mass is 15.3. The largest absolute Gasteiger partial charge is 0.304 e. The van der Waals surface area contributed by atoms with Crippen LogP contribution in [0.1, 0.15) is 51.4 Å². The second-order valence-electron chi connectivity index (χ2n) is 6.64. The molecule has 2 aromatic rings. The molecule has 1 atom stereocenters. The van der Waals surface area contributed by atoms with Crippen LogP contribution < -0.4 is 5.32 Å². The normalized spacial score (nSPS) is 13.3. The monoisotopic (exact) mass is 285 g/mol. The zero-order valence-corrected chi connectivity index (χ0v) is 13.6. The van der Waals surface area contributed by atoms with Crippen molar-refractivity contribution >= 4 is 0 Å².